The number of fused-ring (bicyclic) bond motifs is 1. The average molecular weight is 579 g/mol. The lowest BCUT2D eigenvalue weighted by atomic mass is 9.99. The molecule has 2 atom stereocenters. The third-order valence-electron chi connectivity index (χ3n) is 6.83. The average Bonchev–Trinajstić information content (AvgIpc) is 3.14. The molecule has 1 aliphatic heterocycles. The fourth-order valence-corrected chi connectivity index (χ4v) is 5.88. The topological polar surface area (TPSA) is 116 Å². The summed E-state index contributed by atoms with van der Waals surface area (Å²) in [5.41, 5.74) is 4.64. The van der Waals surface area contributed by atoms with E-state index in [4.69, 9.17) is 36.9 Å². The number of esters is 2. The van der Waals surface area contributed by atoms with E-state index in [1.54, 1.807) is 55.1 Å². The highest BCUT2D eigenvalue weighted by Crippen LogP contribution is 2.40. The van der Waals surface area contributed by atoms with Gasteiger partial charge in [-0.1, -0.05) is 35.9 Å². The first-order chi connectivity index (χ1) is 19.0. The molecule has 2 heterocycles. The monoisotopic (exact) mass is 578 g/mol. The minimum absolute atomic E-state index is 0.0333. The third kappa shape index (κ3) is 6.00. The number of methoxy groups -OCH3 is 1. The summed E-state index contributed by atoms with van der Waals surface area (Å²) in [6.45, 7) is 7.45. The second-order valence-corrected chi connectivity index (χ2v) is 11.2. The van der Waals surface area contributed by atoms with Crippen LogP contribution in [0.5, 0.6) is 0 Å². The first-order valence-corrected chi connectivity index (χ1v) is 14.0. The Labute approximate surface area is 242 Å². The van der Waals surface area contributed by atoms with E-state index in [2.05, 4.69) is 0 Å². The van der Waals surface area contributed by atoms with Crippen LogP contribution in [0.25, 0.3) is 0 Å². The number of carbonyl (C=O) groups is 2. The number of benzene rings is 2. The number of rotatable bonds is 7. The Morgan fingerprint density at radius 1 is 1.12 bits per heavy atom. The molecule has 10 heteroatoms. The van der Waals surface area contributed by atoms with Crippen molar-refractivity contribution in [3.63, 3.8) is 0 Å². The minimum atomic E-state index is -0.674. The number of hydrogen-bond donors (Lipinski definition) is 2. The van der Waals surface area contributed by atoms with Gasteiger partial charge in [-0.05, 0) is 69.5 Å². The second-order valence-electron chi connectivity index (χ2n) is 9.55. The van der Waals surface area contributed by atoms with Gasteiger partial charge in [-0.3, -0.25) is 25.5 Å². The number of aryl methyl sites for hydroxylation is 1. The molecule has 208 valence electrons. The Bertz CT molecular complexity index is 1500. The predicted octanol–water partition coefficient (Wildman–Crippen LogP) is 6.89. The standard InChI is InChI=1S/C30H31ClN4O4S/c1-16-18(3)40-29-26(16)27(21-10-12-23(31)13-11-21)34-24(28(33)35(29)19(4)32)14-15-25(36)39-17(2)20-6-8-22(9-7-20)30(37)38-5/h6-13,17,24,32-33H,14-15H2,1-5H3. The van der Waals surface area contributed by atoms with Crippen molar-refractivity contribution in [3.05, 3.63) is 86.2 Å². The maximum absolute atomic E-state index is 12.9. The van der Waals surface area contributed by atoms with Gasteiger partial charge in [0, 0.05) is 27.4 Å². The van der Waals surface area contributed by atoms with Crippen LogP contribution in [-0.2, 0) is 14.3 Å². The van der Waals surface area contributed by atoms with Gasteiger partial charge >= 0.3 is 11.9 Å². The molecule has 0 saturated heterocycles. The van der Waals surface area contributed by atoms with Crippen LogP contribution in [0, 0.1) is 24.7 Å². The molecular formula is C30H31ClN4O4S. The smallest absolute Gasteiger partial charge is 0.337 e. The van der Waals surface area contributed by atoms with Crippen molar-refractivity contribution in [1.82, 2.24) is 0 Å². The number of carbonyl (C=O) groups excluding carboxylic acids is 2. The Morgan fingerprint density at radius 2 is 1.77 bits per heavy atom. The summed E-state index contributed by atoms with van der Waals surface area (Å²) < 4.78 is 10.4. The van der Waals surface area contributed by atoms with Gasteiger partial charge in [-0.2, -0.15) is 0 Å². The highest BCUT2D eigenvalue weighted by Gasteiger charge is 2.34. The molecule has 0 bridgehead atoms. The number of halogens is 1. The molecule has 0 spiro atoms. The van der Waals surface area contributed by atoms with Gasteiger partial charge in [0.15, 0.2) is 0 Å². The van der Waals surface area contributed by atoms with Crippen LogP contribution in [0.3, 0.4) is 0 Å². The van der Waals surface area contributed by atoms with E-state index >= 15 is 0 Å². The van der Waals surface area contributed by atoms with Crippen molar-refractivity contribution in [3.8, 4) is 0 Å². The maximum atomic E-state index is 12.9. The molecule has 0 radical (unpaired) electrons. The van der Waals surface area contributed by atoms with Crippen molar-refractivity contribution in [1.29, 1.82) is 10.8 Å². The van der Waals surface area contributed by atoms with Gasteiger partial charge in [0.05, 0.1) is 18.4 Å². The van der Waals surface area contributed by atoms with Crippen molar-refractivity contribution < 1.29 is 19.1 Å². The number of thiophene rings is 1. The van der Waals surface area contributed by atoms with E-state index < -0.39 is 24.1 Å². The quantitative estimate of drug-likeness (QED) is 0.180. The molecule has 8 nitrogen and oxygen atoms in total. The molecule has 2 unspecified atom stereocenters. The Kier molecular flexibility index (Phi) is 8.85. The van der Waals surface area contributed by atoms with E-state index in [0.717, 1.165) is 32.1 Å². The van der Waals surface area contributed by atoms with Crippen LogP contribution >= 0.6 is 22.9 Å². The molecule has 0 saturated carbocycles. The molecule has 0 fully saturated rings. The van der Waals surface area contributed by atoms with E-state index in [0.29, 0.717) is 16.3 Å². The van der Waals surface area contributed by atoms with Gasteiger partial charge in [-0.25, -0.2) is 4.79 Å². The zero-order chi connectivity index (χ0) is 29.1. The Hall–Kier alpha value is -3.82. The molecule has 0 amide bonds. The highest BCUT2D eigenvalue weighted by molar-refractivity contribution is 7.17. The van der Waals surface area contributed by atoms with Gasteiger partial charge in [-0.15, -0.1) is 11.3 Å². The summed E-state index contributed by atoms with van der Waals surface area (Å²) >= 11 is 7.68. The number of amidine groups is 2. The van der Waals surface area contributed by atoms with Crippen molar-refractivity contribution in [2.75, 3.05) is 12.0 Å². The Morgan fingerprint density at radius 3 is 2.38 bits per heavy atom. The lowest BCUT2D eigenvalue weighted by Gasteiger charge is -2.25. The van der Waals surface area contributed by atoms with Crippen LogP contribution < -0.4 is 4.90 Å². The van der Waals surface area contributed by atoms with E-state index in [1.807, 2.05) is 26.0 Å². The summed E-state index contributed by atoms with van der Waals surface area (Å²) in [5.74, 6) is -0.519. The van der Waals surface area contributed by atoms with Crippen LogP contribution in [-0.4, -0.2) is 42.5 Å². The van der Waals surface area contributed by atoms with Gasteiger partial charge in [0.25, 0.3) is 0 Å². The largest absolute Gasteiger partial charge is 0.465 e. The molecule has 4 rings (SSSR count). The van der Waals surface area contributed by atoms with Crippen molar-refractivity contribution in [2.45, 2.75) is 52.7 Å². The van der Waals surface area contributed by atoms with Gasteiger partial charge < -0.3 is 9.47 Å². The van der Waals surface area contributed by atoms with Crippen LogP contribution in [0.4, 0.5) is 5.00 Å². The molecule has 1 aromatic heterocycles. The minimum Gasteiger partial charge on any atom is -0.465 e. The van der Waals surface area contributed by atoms with Crippen molar-refractivity contribution in [2.24, 2.45) is 4.99 Å². The molecule has 2 N–H and O–H groups in total. The molecule has 40 heavy (non-hydrogen) atoms. The fraction of sp³-hybridized carbons (Fsp3) is 0.300. The lowest BCUT2D eigenvalue weighted by molar-refractivity contribution is -0.148. The van der Waals surface area contributed by atoms with Gasteiger partial charge in [0.2, 0.25) is 0 Å². The summed E-state index contributed by atoms with van der Waals surface area (Å²) in [6, 6.07) is 13.4. The third-order valence-corrected chi connectivity index (χ3v) is 8.28. The highest BCUT2D eigenvalue weighted by atomic mass is 35.5. The normalized spacial score (nSPS) is 15.6. The Balaban J connectivity index is 1.59. The predicted molar refractivity (Wildman–Crippen MR) is 160 cm³/mol. The number of ether oxygens (including phenoxy) is 2. The molecule has 0 aliphatic carbocycles. The van der Waals surface area contributed by atoms with E-state index in [-0.39, 0.29) is 24.5 Å². The first-order valence-electron chi connectivity index (χ1n) is 12.8. The first kappa shape index (κ1) is 29.2. The van der Waals surface area contributed by atoms with E-state index in [1.165, 1.54) is 18.4 Å². The van der Waals surface area contributed by atoms with Gasteiger partial charge in [0.1, 0.15) is 28.8 Å². The van der Waals surface area contributed by atoms with Crippen LogP contribution in [0.1, 0.15) is 70.3 Å². The summed E-state index contributed by atoms with van der Waals surface area (Å²) in [7, 11) is 1.32. The van der Waals surface area contributed by atoms with E-state index in [9.17, 15) is 9.59 Å². The maximum Gasteiger partial charge on any atom is 0.337 e. The van der Waals surface area contributed by atoms with Crippen LogP contribution in [0.15, 0.2) is 53.5 Å². The molecule has 1 aliphatic rings. The zero-order valence-corrected chi connectivity index (χ0v) is 24.6. The van der Waals surface area contributed by atoms with Crippen molar-refractivity contribution >= 4 is 57.3 Å². The lowest BCUT2D eigenvalue weighted by Crippen LogP contribution is -2.40. The fourth-order valence-electron chi connectivity index (χ4n) is 4.53. The number of aliphatic imine (C=N–C) groups is 1. The number of hydrogen-bond acceptors (Lipinski definition) is 8. The number of nitrogens with zero attached hydrogens (tertiary/aromatic N) is 2. The summed E-state index contributed by atoms with van der Waals surface area (Å²) in [5, 5.41) is 18.9. The number of anilines is 1. The second kappa shape index (κ2) is 12.1. The SMILES string of the molecule is COC(=O)c1ccc(C(C)OC(=O)CCC2N=C(c3ccc(Cl)cc3)c3c(sc(C)c3C)N(C(C)=N)C2=N)cc1. The molecular weight excluding hydrogens is 548 g/mol. The number of nitrogens with one attached hydrogen (secondary N) is 2. The summed E-state index contributed by atoms with van der Waals surface area (Å²) in [4.78, 5) is 32.3. The molecule has 2 aromatic carbocycles. The molecule has 3 aromatic rings. The zero-order valence-electron chi connectivity index (χ0n) is 23.0. The van der Waals surface area contributed by atoms with Crippen LogP contribution in [0.2, 0.25) is 5.02 Å². The summed E-state index contributed by atoms with van der Waals surface area (Å²) in [6.07, 6.45) is -0.260.